The highest BCUT2D eigenvalue weighted by atomic mass is 16.3. The summed E-state index contributed by atoms with van der Waals surface area (Å²) in [5.74, 6) is 0.648. The Balaban J connectivity index is 1.04. The Kier molecular flexibility index (Phi) is 8.50. The van der Waals surface area contributed by atoms with E-state index in [1.54, 1.807) is 0 Å². The third kappa shape index (κ3) is 5.79. The number of rotatable bonds is 5. The number of para-hydroxylation sites is 1. The Hall–Kier alpha value is -8.92. The molecule has 2 aromatic heterocycles. The highest BCUT2D eigenvalue weighted by Gasteiger charge is 2.49. The van der Waals surface area contributed by atoms with Gasteiger partial charge in [-0.25, -0.2) is 9.97 Å². The Morgan fingerprint density at radius 3 is 1.32 bits per heavy atom. The monoisotopic (exact) mass is 864 g/mol. The van der Waals surface area contributed by atoms with Gasteiger partial charge in [0.25, 0.3) is 0 Å². The highest BCUT2D eigenvalue weighted by molar-refractivity contribution is 6.06. The first-order valence-corrected chi connectivity index (χ1v) is 23.3. The quantitative estimate of drug-likeness (QED) is 0.173. The van der Waals surface area contributed by atoms with E-state index in [2.05, 4.69) is 231 Å². The largest absolute Gasteiger partial charge is 0.456 e. The third-order valence-corrected chi connectivity index (χ3v) is 14.3. The number of aromatic nitrogens is 2. The lowest BCUT2D eigenvalue weighted by Crippen LogP contribution is -2.29. The fourth-order valence-electron chi connectivity index (χ4n) is 11.3. The normalized spacial score (nSPS) is 12.8. The molecule has 68 heavy (non-hydrogen) atoms. The second kappa shape index (κ2) is 15.1. The standard InChI is InChI=1S/C65H40N2O/c1-3-17-41(18-4-1)45-35-46(42-19-5-2-6-20-42)37-47(36-45)64-66-60(40-61(67-64)44-31-33-54-53-26-12-16-30-62(53)68-63(54)39-44)43-32-34-59-55(38-43)49-22-8-7-21-48(49)50-23-9-13-27-56(50)65(59)57-28-14-10-24-51(57)52-25-11-15-29-58(52)65/h1-40H. The van der Waals surface area contributed by atoms with E-state index < -0.39 is 5.41 Å². The van der Waals surface area contributed by atoms with Gasteiger partial charge in [-0.1, -0.05) is 194 Å². The summed E-state index contributed by atoms with van der Waals surface area (Å²) in [5.41, 5.74) is 22.7. The van der Waals surface area contributed by atoms with Crippen LogP contribution in [-0.4, -0.2) is 9.97 Å². The van der Waals surface area contributed by atoms with Crippen molar-refractivity contribution in [3.63, 3.8) is 0 Å². The average Bonchev–Trinajstić information content (AvgIpc) is 3.91. The first-order chi connectivity index (χ1) is 33.7. The molecule has 0 saturated carbocycles. The summed E-state index contributed by atoms with van der Waals surface area (Å²) in [6.45, 7) is 0. The summed E-state index contributed by atoms with van der Waals surface area (Å²) in [7, 11) is 0. The lowest BCUT2D eigenvalue weighted by atomic mass is 9.66. The molecule has 14 rings (SSSR count). The second-order valence-electron chi connectivity index (χ2n) is 18.0. The van der Waals surface area contributed by atoms with Crippen molar-refractivity contribution in [2.75, 3.05) is 0 Å². The van der Waals surface area contributed by atoms with E-state index in [0.29, 0.717) is 5.82 Å². The van der Waals surface area contributed by atoms with Crippen LogP contribution >= 0.6 is 0 Å². The number of hydrogen-bond acceptors (Lipinski definition) is 3. The van der Waals surface area contributed by atoms with Crippen molar-refractivity contribution in [1.29, 1.82) is 0 Å². The van der Waals surface area contributed by atoms with Gasteiger partial charge >= 0.3 is 0 Å². The average molecular weight is 865 g/mol. The molecule has 2 aliphatic rings. The lowest BCUT2D eigenvalue weighted by Gasteiger charge is -2.35. The topological polar surface area (TPSA) is 38.9 Å². The van der Waals surface area contributed by atoms with Crippen molar-refractivity contribution in [1.82, 2.24) is 9.97 Å². The molecule has 0 unspecified atom stereocenters. The molecule has 0 radical (unpaired) electrons. The smallest absolute Gasteiger partial charge is 0.160 e. The van der Waals surface area contributed by atoms with Crippen LogP contribution < -0.4 is 0 Å². The molecule has 10 aromatic carbocycles. The number of nitrogens with zero attached hydrogens (tertiary/aromatic N) is 2. The molecule has 0 bridgehead atoms. The fourth-order valence-corrected chi connectivity index (χ4v) is 11.3. The van der Waals surface area contributed by atoms with Crippen LogP contribution in [0.5, 0.6) is 0 Å². The molecule has 0 saturated heterocycles. The van der Waals surface area contributed by atoms with Gasteiger partial charge < -0.3 is 4.42 Å². The number of hydrogen-bond donors (Lipinski definition) is 0. The van der Waals surface area contributed by atoms with Crippen molar-refractivity contribution in [2.24, 2.45) is 0 Å². The van der Waals surface area contributed by atoms with Gasteiger partial charge in [0, 0.05) is 27.5 Å². The maximum atomic E-state index is 6.46. The van der Waals surface area contributed by atoms with E-state index in [1.165, 1.54) is 55.6 Å². The van der Waals surface area contributed by atoms with Crippen LogP contribution in [0.15, 0.2) is 247 Å². The molecule has 0 amide bonds. The van der Waals surface area contributed by atoms with Crippen LogP contribution in [-0.2, 0) is 5.41 Å². The summed E-state index contributed by atoms with van der Waals surface area (Å²) in [4.78, 5) is 11.0. The van der Waals surface area contributed by atoms with E-state index in [4.69, 9.17) is 14.4 Å². The molecule has 316 valence electrons. The lowest BCUT2D eigenvalue weighted by molar-refractivity contribution is 0.669. The predicted molar refractivity (Wildman–Crippen MR) is 278 cm³/mol. The van der Waals surface area contributed by atoms with Gasteiger partial charge in [-0.05, 0) is 126 Å². The van der Waals surface area contributed by atoms with Crippen LogP contribution in [0.2, 0.25) is 0 Å². The molecule has 3 nitrogen and oxygen atoms in total. The Morgan fingerprint density at radius 1 is 0.265 bits per heavy atom. The van der Waals surface area contributed by atoms with E-state index in [1.807, 2.05) is 12.1 Å². The zero-order valence-electron chi connectivity index (χ0n) is 36.9. The molecular weight excluding hydrogens is 825 g/mol. The second-order valence-corrected chi connectivity index (χ2v) is 18.0. The van der Waals surface area contributed by atoms with E-state index in [9.17, 15) is 0 Å². The summed E-state index contributed by atoms with van der Waals surface area (Å²) >= 11 is 0. The van der Waals surface area contributed by atoms with Crippen LogP contribution in [0.25, 0.3) is 111 Å². The zero-order valence-corrected chi connectivity index (χ0v) is 36.9. The summed E-state index contributed by atoms with van der Waals surface area (Å²) in [6, 6.07) is 87.8. The Morgan fingerprint density at radius 2 is 0.706 bits per heavy atom. The number of furan rings is 1. The Bertz CT molecular complexity index is 3870. The summed E-state index contributed by atoms with van der Waals surface area (Å²) < 4.78 is 6.46. The molecule has 0 atom stereocenters. The minimum absolute atomic E-state index is 0.563. The first kappa shape index (κ1) is 38.4. The summed E-state index contributed by atoms with van der Waals surface area (Å²) in [5, 5.41) is 2.18. The van der Waals surface area contributed by atoms with Gasteiger partial charge in [0.2, 0.25) is 0 Å². The molecular formula is C65H40N2O. The highest BCUT2D eigenvalue weighted by Crippen LogP contribution is 2.61. The molecule has 12 aromatic rings. The van der Waals surface area contributed by atoms with Gasteiger partial charge in [0.1, 0.15) is 11.2 Å². The van der Waals surface area contributed by atoms with Crippen molar-refractivity contribution in [3.05, 3.63) is 265 Å². The molecule has 0 fully saturated rings. The minimum atomic E-state index is -0.563. The maximum Gasteiger partial charge on any atom is 0.160 e. The molecule has 1 spiro atoms. The predicted octanol–water partition coefficient (Wildman–Crippen LogP) is 16.7. The number of fused-ring (bicyclic) bond motifs is 15. The third-order valence-electron chi connectivity index (χ3n) is 14.3. The molecule has 0 N–H and O–H groups in total. The minimum Gasteiger partial charge on any atom is -0.456 e. The summed E-state index contributed by atoms with van der Waals surface area (Å²) in [6.07, 6.45) is 0. The Labute approximate surface area is 394 Å². The molecule has 2 heterocycles. The molecule has 0 aliphatic heterocycles. The zero-order chi connectivity index (χ0) is 44.8. The SMILES string of the molecule is c1ccc(-c2cc(-c3ccccc3)cc(-c3nc(-c4ccc5c(c4)-c4ccccc4-c4ccccc4C54c5ccccc5-c5ccccc54)cc(-c4ccc5c(c4)oc4ccccc45)n3)c2)cc1. The van der Waals surface area contributed by atoms with Crippen LogP contribution in [0.1, 0.15) is 22.3 Å². The van der Waals surface area contributed by atoms with Crippen LogP contribution in [0.4, 0.5) is 0 Å². The fraction of sp³-hybridized carbons (Fsp3) is 0.0154. The first-order valence-electron chi connectivity index (χ1n) is 23.3. The van der Waals surface area contributed by atoms with Crippen molar-refractivity contribution >= 4 is 21.9 Å². The van der Waals surface area contributed by atoms with Crippen LogP contribution in [0, 0.1) is 0 Å². The molecule has 3 heteroatoms. The van der Waals surface area contributed by atoms with Gasteiger partial charge in [-0.3, -0.25) is 0 Å². The van der Waals surface area contributed by atoms with E-state index in [0.717, 1.165) is 72.3 Å². The number of benzene rings is 10. The van der Waals surface area contributed by atoms with Gasteiger partial charge in [0.15, 0.2) is 5.82 Å². The van der Waals surface area contributed by atoms with Gasteiger partial charge in [-0.2, -0.15) is 0 Å². The van der Waals surface area contributed by atoms with Gasteiger partial charge in [0.05, 0.1) is 16.8 Å². The van der Waals surface area contributed by atoms with Gasteiger partial charge in [-0.15, -0.1) is 0 Å². The van der Waals surface area contributed by atoms with Crippen molar-refractivity contribution in [3.8, 4) is 89.5 Å². The van der Waals surface area contributed by atoms with Crippen LogP contribution in [0.3, 0.4) is 0 Å². The van der Waals surface area contributed by atoms with E-state index >= 15 is 0 Å². The van der Waals surface area contributed by atoms with E-state index in [-0.39, 0.29) is 0 Å². The van der Waals surface area contributed by atoms with Crippen molar-refractivity contribution < 1.29 is 4.42 Å². The van der Waals surface area contributed by atoms with Crippen molar-refractivity contribution in [2.45, 2.75) is 5.41 Å². The molecule has 2 aliphatic carbocycles. The maximum absolute atomic E-state index is 6.46.